The number of benzene rings is 1. The van der Waals surface area contributed by atoms with E-state index in [2.05, 4.69) is 15.0 Å². The van der Waals surface area contributed by atoms with E-state index in [0.29, 0.717) is 11.4 Å². The fourth-order valence-corrected chi connectivity index (χ4v) is 1.92. The maximum Gasteiger partial charge on any atom is 0.422 e. The maximum atomic E-state index is 12.7. The number of azide groups is 1. The van der Waals surface area contributed by atoms with Crippen LogP contribution in [0.1, 0.15) is 31.1 Å². The van der Waals surface area contributed by atoms with Crippen LogP contribution in [0.5, 0.6) is 0 Å². The number of aromatic amines is 1. The number of hydrogen-bond donors (Lipinski definition) is 1. The molecule has 1 aromatic carbocycles. The quantitative estimate of drug-likeness (QED) is 0.507. The molecule has 0 unspecified atom stereocenters. The fourth-order valence-electron chi connectivity index (χ4n) is 1.92. The minimum absolute atomic E-state index is 0.263. The molecule has 0 fully saturated rings. The van der Waals surface area contributed by atoms with Crippen LogP contribution < -0.4 is 4.90 Å². The van der Waals surface area contributed by atoms with Gasteiger partial charge in [-0.3, -0.25) is 4.79 Å². The Labute approximate surface area is 138 Å². The zero-order valence-corrected chi connectivity index (χ0v) is 13.6. The van der Waals surface area contributed by atoms with Gasteiger partial charge in [-0.2, -0.15) is 0 Å². The van der Waals surface area contributed by atoms with E-state index in [9.17, 15) is 9.59 Å². The topological polar surface area (TPSA) is 111 Å². The Hall–Kier alpha value is -3.25. The normalized spacial score (nSPS) is 10.6. The summed E-state index contributed by atoms with van der Waals surface area (Å²) in [6.07, 6.45) is 2.35. The third-order valence-electron chi connectivity index (χ3n) is 2.89. The van der Waals surface area contributed by atoms with Crippen LogP contribution in [0, 0.1) is 0 Å². The van der Waals surface area contributed by atoms with Crippen molar-refractivity contribution in [1.29, 1.82) is 0 Å². The number of rotatable bonds is 3. The largest absolute Gasteiger partial charge is 0.443 e. The molecule has 2 amide bonds. The Morgan fingerprint density at radius 2 is 1.88 bits per heavy atom. The minimum Gasteiger partial charge on any atom is -0.443 e. The number of carbonyl (C=O) groups is 2. The van der Waals surface area contributed by atoms with Crippen molar-refractivity contribution in [3.05, 3.63) is 58.7 Å². The molecule has 0 radical (unpaired) electrons. The van der Waals surface area contributed by atoms with Crippen LogP contribution in [0.25, 0.3) is 10.4 Å². The number of carbonyl (C=O) groups excluding carboxylic acids is 2. The number of imide groups is 1. The lowest BCUT2D eigenvalue weighted by Crippen LogP contribution is -2.40. The van der Waals surface area contributed by atoms with E-state index in [1.54, 1.807) is 33.0 Å². The van der Waals surface area contributed by atoms with Crippen molar-refractivity contribution in [3.63, 3.8) is 0 Å². The van der Waals surface area contributed by atoms with Crippen molar-refractivity contribution in [2.24, 2.45) is 5.11 Å². The van der Waals surface area contributed by atoms with E-state index in [-0.39, 0.29) is 5.56 Å². The molecule has 1 aromatic heterocycles. The van der Waals surface area contributed by atoms with Gasteiger partial charge in [0.25, 0.3) is 5.91 Å². The van der Waals surface area contributed by atoms with Gasteiger partial charge in [0.15, 0.2) is 0 Å². The molecule has 0 aliphatic carbocycles. The average molecular weight is 327 g/mol. The van der Waals surface area contributed by atoms with Gasteiger partial charge in [0.05, 0.1) is 5.69 Å². The lowest BCUT2D eigenvalue weighted by Gasteiger charge is -2.25. The van der Waals surface area contributed by atoms with Crippen LogP contribution >= 0.6 is 0 Å². The summed E-state index contributed by atoms with van der Waals surface area (Å²) in [7, 11) is 0. The highest BCUT2D eigenvalue weighted by Crippen LogP contribution is 2.22. The lowest BCUT2D eigenvalue weighted by molar-refractivity contribution is 0.0564. The van der Waals surface area contributed by atoms with E-state index in [0.717, 1.165) is 4.90 Å². The van der Waals surface area contributed by atoms with Gasteiger partial charge in [0, 0.05) is 28.6 Å². The fraction of sp³-hybridized carbons (Fsp3) is 0.250. The molecule has 0 saturated carbocycles. The number of H-pyrrole nitrogens is 1. The van der Waals surface area contributed by atoms with Crippen molar-refractivity contribution in [2.75, 3.05) is 4.90 Å². The second-order valence-corrected chi connectivity index (χ2v) is 5.93. The van der Waals surface area contributed by atoms with Crippen LogP contribution in [-0.4, -0.2) is 22.6 Å². The zero-order chi connectivity index (χ0) is 17.7. The van der Waals surface area contributed by atoms with Gasteiger partial charge in [-0.15, -0.1) is 0 Å². The Bertz CT molecular complexity index is 769. The molecule has 0 aliphatic rings. The van der Waals surface area contributed by atoms with Crippen molar-refractivity contribution in [2.45, 2.75) is 26.4 Å². The van der Waals surface area contributed by atoms with Gasteiger partial charge in [0.2, 0.25) is 0 Å². The standard InChI is InChI=1S/C16H17N5O3/c1-16(2,3)24-15(23)21(13-8-9-18-10-13)14(22)11-4-6-12(7-5-11)19-20-17/h4-10,18H,1-3H3. The molecule has 1 N–H and O–H groups in total. The number of aromatic nitrogens is 1. The first kappa shape index (κ1) is 17.1. The van der Waals surface area contributed by atoms with Gasteiger partial charge in [-0.25, -0.2) is 9.69 Å². The van der Waals surface area contributed by atoms with Crippen LogP contribution in [0.2, 0.25) is 0 Å². The molecule has 24 heavy (non-hydrogen) atoms. The number of hydrogen-bond acceptors (Lipinski definition) is 4. The summed E-state index contributed by atoms with van der Waals surface area (Å²) in [4.78, 5) is 31.6. The summed E-state index contributed by atoms with van der Waals surface area (Å²) < 4.78 is 5.31. The molecule has 0 saturated heterocycles. The highest BCUT2D eigenvalue weighted by molar-refractivity contribution is 6.19. The molecular formula is C16H17N5O3. The number of amides is 2. The number of nitrogens with zero attached hydrogens (tertiary/aromatic N) is 4. The summed E-state index contributed by atoms with van der Waals surface area (Å²) in [6, 6.07) is 7.55. The first-order chi connectivity index (χ1) is 11.3. The third kappa shape index (κ3) is 4.15. The molecule has 8 nitrogen and oxygen atoms in total. The lowest BCUT2D eigenvalue weighted by atomic mass is 10.1. The number of nitrogens with one attached hydrogen (secondary N) is 1. The molecule has 2 rings (SSSR count). The van der Waals surface area contributed by atoms with E-state index in [1.165, 1.54) is 30.5 Å². The monoisotopic (exact) mass is 327 g/mol. The second kappa shape index (κ2) is 6.89. The van der Waals surface area contributed by atoms with E-state index in [4.69, 9.17) is 10.3 Å². The van der Waals surface area contributed by atoms with Crippen molar-refractivity contribution < 1.29 is 14.3 Å². The maximum absolute atomic E-state index is 12.7. The second-order valence-electron chi connectivity index (χ2n) is 5.93. The minimum atomic E-state index is -0.772. The third-order valence-corrected chi connectivity index (χ3v) is 2.89. The van der Waals surface area contributed by atoms with Gasteiger partial charge in [0.1, 0.15) is 5.60 Å². The molecule has 0 aliphatic heterocycles. The Morgan fingerprint density at radius 1 is 1.21 bits per heavy atom. The summed E-state index contributed by atoms with van der Waals surface area (Å²) >= 11 is 0. The smallest absolute Gasteiger partial charge is 0.422 e. The average Bonchev–Trinajstić information content (AvgIpc) is 3.00. The van der Waals surface area contributed by atoms with Crippen LogP contribution in [0.15, 0.2) is 47.8 Å². The Kier molecular flexibility index (Phi) is 4.91. The highest BCUT2D eigenvalue weighted by atomic mass is 16.6. The predicted octanol–water partition coefficient (Wildman–Crippen LogP) is 4.54. The first-order valence-electron chi connectivity index (χ1n) is 7.17. The van der Waals surface area contributed by atoms with Crippen molar-refractivity contribution in [1.82, 2.24) is 4.98 Å². The summed E-state index contributed by atoms with van der Waals surface area (Å²) in [5, 5.41) is 3.44. The van der Waals surface area contributed by atoms with Crippen LogP contribution in [-0.2, 0) is 4.74 Å². The van der Waals surface area contributed by atoms with Gasteiger partial charge in [-0.05, 0) is 44.5 Å². The first-order valence-corrected chi connectivity index (χ1v) is 7.17. The van der Waals surface area contributed by atoms with E-state index < -0.39 is 17.6 Å². The van der Waals surface area contributed by atoms with Gasteiger partial charge >= 0.3 is 6.09 Å². The van der Waals surface area contributed by atoms with Crippen molar-refractivity contribution in [3.8, 4) is 0 Å². The predicted molar refractivity (Wildman–Crippen MR) is 89.1 cm³/mol. The molecular weight excluding hydrogens is 310 g/mol. The number of anilines is 1. The van der Waals surface area contributed by atoms with Crippen LogP contribution in [0.4, 0.5) is 16.2 Å². The molecule has 0 atom stereocenters. The van der Waals surface area contributed by atoms with E-state index in [1.807, 2.05) is 0 Å². The summed E-state index contributed by atoms with van der Waals surface area (Å²) in [5.41, 5.74) is 8.68. The molecule has 2 aromatic rings. The summed E-state index contributed by atoms with van der Waals surface area (Å²) in [6.45, 7) is 5.16. The summed E-state index contributed by atoms with van der Waals surface area (Å²) in [5.74, 6) is -0.545. The highest BCUT2D eigenvalue weighted by Gasteiger charge is 2.29. The SMILES string of the molecule is CC(C)(C)OC(=O)N(C(=O)c1ccc(N=[N+]=[N-])cc1)c1cc[nH]c1. The molecule has 124 valence electrons. The Balaban J connectivity index is 2.34. The molecule has 0 bridgehead atoms. The van der Waals surface area contributed by atoms with Crippen molar-refractivity contribution >= 4 is 23.4 Å². The Morgan fingerprint density at radius 3 is 2.38 bits per heavy atom. The van der Waals surface area contributed by atoms with Crippen LogP contribution in [0.3, 0.4) is 0 Å². The molecule has 8 heteroatoms. The van der Waals surface area contributed by atoms with E-state index >= 15 is 0 Å². The zero-order valence-electron chi connectivity index (χ0n) is 13.6. The van der Waals surface area contributed by atoms with Gasteiger partial charge < -0.3 is 9.72 Å². The number of ether oxygens (including phenoxy) is 1. The van der Waals surface area contributed by atoms with Gasteiger partial charge in [-0.1, -0.05) is 17.2 Å². The molecule has 0 spiro atoms. The molecule has 1 heterocycles.